The van der Waals surface area contributed by atoms with Gasteiger partial charge >= 0.3 is 0 Å². The van der Waals surface area contributed by atoms with Gasteiger partial charge in [0.25, 0.3) is 5.91 Å². The third-order valence-corrected chi connectivity index (χ3v) is 6.28. The molecule has 2 heterocycles. The number of anilines is 1. The Hall–Kier alpha value is -3.91. The summed E-state index contributed by atoms with van der Waals surface area (Å²) in [4.78, 5) is 26.5. The molecule has 4 rings (SSSR count). The third kappa shape index (κ3) is 5.18. The van der Waals surface area contributed by atoms with Gasteiger partial charge < -0.3 is 15.8 Å². The minimum atomic E-state index is -0.129. The molecule has 0 spiro atoms. The average molecular weight is 472 g/mol. The summed E-state index contributed by atoms with van der Waals surface area (Å²) in [5.41, 5.74) is 11.7. The number of aromatic nitrogens is 3. The van der Waals surface area contributed by atoms with Crippen LogP contribution in [-0.2, 0) is 6.54 Å². The number of nitrogen functional groups attached to an aromatic ring is 1. The molecular weight excluding hydrogens is 446 g/mol. The molecule has 34 heavy (non-hydrogen) atoms. The van der Waals surface area contributed by atoms with Gasteiger partial charge in [-0.1, -0.05) is 12.1 Å². The van der Waals surface area contributed by atoms with Gasteiger partial charge in [-0.25, -0.2) is 9.97 Å². The largest absolute Gasteiger partial charge is 0.496 e. The molecule has 0 aliphatic carbocycles. The first kappa shape index (κ1) is 23.3. The summed E-state index contributed by atoms with van der Waals surface area (Å²) in [6.45, 7) is 2.35. The second kappa shape index (κ2) is 10.4. The SMILES string of the molecule is COc1ccc(-c2ccnc(CNC(=O)c3ccc(C)c(SC)c3)c2)cc1-c1ccnc(N)n1. The van der Waals surface area contributed by atoms with E-state index in [1.165, 1.54) is 0 Å². The molecule has 4 aromatic rings. The first-order valence-electron chi connectivity index (χ1n) is 10.6. The minimum Gasteiger partial charge on any atom is -0.496 e. The van der Waals surface area contributed by atoms with Crippen molar-refractivity contribution >= 4 is 23.6 Å². The lowest BCUT2D eigenvalue weighted by Crippen LogP contribution is -2.23. The normalized spacial score (nSPS) is 10.7. The number of hydrogen-bond acceptors (Lipinski definition) is 7. The number of nitrogens with one attached hydrogen (secondary N) is 1. The van der Waals surface area contributed by atoms with Gasteiger partial charge in [0.05, 0.1) is 25.0 Å². The number of thioether (sulfide) groups is 1. The predicted octanol–water partition coefficient (Wildman–Crippen LogP) is 4.76. The van der Waals surface area contributed by atoms with Crippen LogP contribution in [0.1, 0.15) is 21.6 Å². The van der Waals surface area contributed by atoms with Crippen LogP contribution >= 0.6 is 11.8 Å². The molecular formula is C26H25N5O2S. The Bertz CT molecular complexity index is 1340. The highest BCUT2D eigenvalue weighted by molar-refractivity contribution is 7.98. The summed E-state index contributed by atoms with van der Waals surface area (Å²) in [6.07, 6.45) is 5.36. The monoisotopic (exact) mass is 471 g/mol. The Labute approximate surface area is 202 Å². The van der Waals surface area contributed by atoms with Crippen LogP contribution in [0.15, 0.2) is 71.9 Å². The number of nitrogens with two attached hydrogens (primary N) is 1. The van der Waals surface area contributed by atoms with E-state index in [0.29, 0.717) is 23.6 Å². The zero-order chi connectivity index (χ0) is 24.1. The van der Waals surface area contributed by atoms with E-state index in [2.05, 4.69) is 20.3 Å². The average Bonchev–Trinajstić information content (AvgIpc) is 2.87. The van der Waals surface area contributed by atoms with Crippen LogP contribution in [0.5, 0.6) is 5.75 Å². The summed E-state index contributed by atoms with van der Waals surface area (Å²) in [5.74, 6) is 0.756. The maximum absolute atomic E-state index is 12.7. The van der Waals surface area contributed by atoms with Crippen LogP contribution in [0.25, 0.3) is 22.4 Å². The van der Waals surface area contributed by atoms with Crippen LogP contribution < -0.4 is 15.8 Å². The molecule has 0 atom stereocenters. The summed E-state index contributed by atoms with van der Waals surface area (Å²) in [6, 6.07) is 17.3. The Balaban J connectivity index is 1.56. The van der Waals surface area contributed by atoms with Gasteiger partial charge in [0.15, 0.2) is 0 Å². The summed E-state index contributed by atoms with van der Waals surface area (Å²) in [5, 5.41) is 2.96. The van der Waals surface area contributed by atoms with Gasteiger partial charge in [0, 0.05) is 28.4 Å². The number of benzene rings is 2. The number of amides is 1. The van der Waals surface area contributed by atoms with E-state index in [9.17, 15) is 4.79 Å². The second-order valence-electron chi connectivity index (χ2n) is 7.62. The van der Waals surface area contributed by atoms with Crippen LogP contribution in [0.4, 0.5) is 5.95 Å². The molecule has 0 bridgehead atoms. The molecule has 0 fully saturated rings. The first-order valence-corrected chi connectivity index (χ1v) is 11.9. The molecule has 0 radical (unpaired) electrons. The number of carbonyl (C=O) groups excluding carboxylic acids is 1. The maximum Gasteiger partial charge on any atom is 0.251 e. The van der Waals surface area contributed by atoms with E-state index in [1.54, 1.807) is 37.3 Å². The van der Waals surface area contributed by atoms with Crippen molar-refractivity contribution in [3.8, 4) is 28.1 Å². The summed E-state index contributed by atoms with van der Waals surface area (Å²) < 4.78 is 5.52. The number of hydrogen-bond donors (Lipinski definition) is 2. The highest BCUT2D eigenvalue weighted by Gasteiger charge is 2.12. The van der Waals surface area contributed by atoms with E-state index < -0.39 is 0 Å². The number of methoxy groups -OCH3 is 1. The van der Waals surface area contributed by atoms with Crippen LogP contribution in [0, 0.1) is 6.92 Å². The molecule has 0 aliphatic rings. The van der Waals surface area contributed by atoms with Gasteiger partial charge in [-0.3, -0.25) is 9.78 Å². The molecule has 1 amide bonds. The molecule has 172 valence electrons. The van der Waals surface area contributed by atoms with Gasteiger partial charge in [0.2, 0.25) is 5.95 Å². The number of aryl methyl sites for hydroxylation is 1. The molecule has 2 aromatic carbocycles. The van der Waals surface area contributed by atoms with E-state index in [-0.39, 0.29) is 11.9 Å². The molecule has 2 aromatic heterocycles. The fourth-order valence-electron chi connectivity index (χ4n) is 3.60. The smallest absolute Gasteiger partial charge is 0.251 e. The molecule has 0 saturated heterocycles. The molecule has 7 nitrogen and oxygen atoms in total. The number of rotatable bonds is 7. The number of ether oxygens (including phenoxy) is 1. The second-order valence-corrected chi connectivity index (χ2v) is 8.47. The summed E-state index contributed by atoms with van der Waals surface area (Å²) >= 11 is 1.63. The van der Waals surface area contributed by atoms with Crippen molar-refractivity contribution in [2.45, 2.75) is 18.4 Å². The standard InChI is InChI=1S/C26H25N5O2S/c1-16-4-5-19(14-24(16)34-3)25(32)30-15-20-12-18(8-10-28-20)17-6-7-23(33-2)21(13-17)22-9-11-29-26(27)31-22/h4-14H,15H2,1-3H3,(H,30,32)(H2,27,29,31). The molecule has 3 N–H and O–H groups in total. The summed E-state index contributed by atoms with van der Waals surface area (Å²) in [7, 11) is 1.62. The molecule has 0 aliphatic heterocycles. The fraction of sp³-hybridized carbons (Fsp3) is 0.154. The molecule has 0 unspecified atom stereocenters. The molecule has 0 saturated carbocycles. The van der Waals surface area contributed by atoms with Crippen molar-refractivity contribution in [1.82, 2.24) is 20.3 Å². The van der Waals surface area contributed by atoms with E-state index in [4.69, 9.17) is 10.5 Å². The van der Waals surface area contributed by atoms with Crippen molar-refractivity contribution in [3.05, 3.63) is 83.8 Å². The van der Waals surface area contributed by atoms with Crippen molar-refractivity contribution in [3.63, 3.8) is 0 Å². The number of nitrogens with zero attached hydrogens (tertiary/aromatic N) is 3. The first-order chi connectivity index (χ1) is 16.5. The minimum absolute atomic E-state index is 0.129. The van der Waals surface area contributed by atoms with Gasteiger partial charge in [-0.15, -0.1) is 11.8 Å². The highest BCUT2D eigenvalue weighted by atomic mass is 32.2. The number of carbonyl (C=O) groups is 1. The van der Waals surface area contributed by atoms with Crippen LogP contribution in [0.2, 0.25) is 0 Å². The zero-order valence-corrected chi connectivity index (χ0v) is 20.0. The van der Waals surface area contributed by atoms with Crippen molar-refractivity contribution in [1.29, 1.82) is 0 Å². The zero-order valence-electron chi connectivity index (χ0n) is 19.2. The quantitative estimate of drug-likeness (QED) is 0.375. The van der Waals surface area contributed by atoms with Crippen molar-refractivity contribution < 1.29 is 9.53 Å². The topological polar surface area (TPSA) is 103 Å². The predicted molar refractivity (Wildman–Crippen MR) is 136 cm³/mol. The van der Waals surface area contributed by atoms with Crippen molar-refractivity contribution in [2.75, 3.05) is 19.1 Å². The third-order valence-electron chi connectivity index (χ3n) is 5.40. The number of pyridine rings is 1. The Morgan fingerprint density at radius 1 is 1.03 bits per heavy atom. The lowest BCUT2D eigenvalue weighted by molar-refractivity contribution is 0.0950. The van der Waals surface area contributed by atoms with Crippen LogP contribution in [0.3, 0.4) is 0 Å². The molecule has 8 heteroatoms. The van der Waals surface area contributed by atoms with Gasteiger partial charge in [-0.2, -0.15) is 0 Å². The lowest BCUT2D eigenvalue weighted by Gasteiger charge is -2.12. The van der Waals surface area contributed by atoms with Gasteiger partial charge in [0.1, 0.15) is 5.75 Å². The van der Waals surface area contributed by atoms with E-state index in [0.717, 1.165) is 32.8 Å². The maximum atomic E-state index is 12.7. The Kier molecular flexibility index (Phi) is 7.08. The highest BCUT2D eigenvalue weighted by Crippen LogP contribution is 2.33. The van der Waals surface area contributed by atoms with E-state index in [1.807, 2.05) is 61.7 Å². The Morgan fingerprint density at radius 2 is 1.82 bits per heavy atom. The fourth-order valence-corrected chi connectivity index (χ4v) is 4.23. The van der Waals surface area contributed by atoms with Gasteiger partial charge in [-0.05, 0) is 72.3 Å². The Morgan fingerprint density at radius 3 is 2.59 bits per heavy atom. The lowest BCUT2D eigenvalue weighted by atomic mass is 10.0. The van der Waals surface area contributed by atoms with Crippen molar-refractivity contribution in [2.24, 2.45) is 0 Å². The van der Waals surface area contributed by atoms with Crippen LogP contribution in [-0.4, -0.2) is 34.2 Å². The van der Waals surface area contributed by atoms with E-state index >= 15 is 0 Å².